The van der Waals surface area contributed by atoms with Gasteiger partial charge in [0, 0.05) is 24.1 Å². The molecule has 0 fully saturated rings. The highest BCUT2D eigenvalue weighted by molar-refractivity contribution is 7.99. The SMILES string of the molecule is Cn1ncnc1Sc1ccc([N+](=O)[O-])cc1Cl. The van der Waals surface area contributed by atoms with Gasteiger partial charge in [0.05, 0.1) is 9.95 Å². The largest absolute Gasteiger partial charge is 0.270 e. The molecule has 0 saturated heterocycles. The van der Waals surface area contributed by atoms with Crippen molar-refractivity contribution in [2.24, 2.45) is 7.05 Å². The summed E-state index contributed by atoms with van der Waals surface area (Å²) in [5, 5.41) is 15.5. The van der Waals surface area contributed by atoms with Gasteiger partial charge in [-0.05, 0) is 17.8 Å². The van der Waals surface area contributed by atoms with Gasteiger partial charge in [0.15, 0.2) is 5.16 Å². The summed E-state index contributed by atoms with van der Waals surface area (Å²) in [6.45, 7) is 0. The van der Waals surface area contributed by atoms with E-state index in [1.807, 2.05) is 0 Å². The molecule has 8 heteroatoms. The van der Waals surface area contributed by atoms with Crippen molar-refractivity contribution in [3.05, 3.63) is 39.7 Å². The molecule has 0 atom stereocenters. The zero-order valence-electron chi connectivity index (χ0n) is 8.70. The van der Waals surface area contributed by atoms with E-state index in [1.54, 1.807) is 17.8 Å². The van der Waals surface area contributed by atoms with Gasteiger partial charge in [-0.25, -0.2) is 9.67 Å². The highest BCUT2D eigenvalue weighted by Crippen LogP contribution is 2.33. The van der Waals surface area contributed by atoms with Crippen molar-refractivity contribution < 1.29 is 4.92 Å². The van der Waals surface area contributed by atoms with E-state index in [1.165, 1.54) is 30.2 Å². The van der Waals surface area contributed by atoms with Crippen LogP contribution in [0.25, 0.3) is 0 Å². The van der Waals surface area contributed by atoms with Gasteiger partial charge in [-0.15, -0.1) is 0 Å². The number of benzene rings is 1. The van der Waals surface area contributed by atoms with Crippen molar-refractivity contribution in [3.63, 3.8) is 0 Å². The number of nitro groups is 1. The lowest BCUT2D eigenvalue weighted by Gasteiger charge is -2.02. The first-order valence-electron chi connectivity index (χ1n) is 4.53. The van der Waals surface area contributed by atoms with Gasteiger partial charge in [0.25, 0.3) is 5.69 Å². The van der Waals surface area contributed by atoms with E-state index < -0.39 is 4.92 Å². The summed E-state index contributed by atoms with van der Waals surface area (Å²) in [6.07, 6.45) is 1.43. The second-order valence-corrected chi connectivity index (χ2v) is 4.56. The molecule has 0 spiro atoms. The molecule has 1 aromatic carbocycles. The van der Waals surface area contributed by atoms with Crippen molar-refractivity contribution in [2.75, 3.05) is 0 Å². The van der Waals surface area contributed by atoms with Crippen LogP contribution in [0.5, 0.6) is 0 Å². The molecule has 0 radical (unpaired) electrons. The summed E-state index contributed by atoms with van der Waals surface area (Å²) in [5.41, 5.74) is -0.0303. The predicted octanol–water partition coefficient (Wildman–Crippen LogP) is 2.53. The Balaban J connectivity index is 2.29. The molecule has 0 saturated carbocycles. The average Bonchev–Trinajstić information content (AvgIpc) is 2.67. The van der Waals surface area contributed by atoms with E-state index in [9.17, 15) is 10.1 Å². The molecule has 0 aliphatic rings. The molecular weight excluding hydrogens is 264 g/mol. The lowest BCUT2D eigenvalue weighted by Crippen LogP contribution is -1.93. The third-order valence-corrected chi connectivity index (χ3v) is 3.55. The van der Waals surface area contributed by atoms with Crippen LogP contribution in [-0.4, -0.2) is 19.7 Å². The number of hydrogen-bond acceptors (Lipinski definition) is 5. The first-order chi connectivity index (χ1) is 8.08. The Morgan fingerprint density at radius 2 is 2.29 bits per heavy atom. The molecule has 88 valence electrons. The Hall–Kier alpha value is -1.60. The first-order valence-corrected chi connectivity index (χ1v) is 5.73. The minimum Gasteiger partial charge on any atom is -0.258 e. The Morgan fingerprint density at radius 1 is 1.53 bits per heavy atom. The highest BCUT2D eigenvalue weighted by atomic mass is 35.5. The fourth-order valence-corrected chi connectivity index (χ4v) is 2.22. The number of nitro benzene ring substituents is 1. The van der Waals surface area contributed by atoms with E-state index in [2.05, 4.69) is 10.1 Å². The standard InChI is InChI=1S/C9H7ClN4O2S/c1-13-9(11-5-12-13)17-8-3-2-6(14(15)16)4-7(8)10/h2-5H,1H3. The Kier molecular flexibility index (Phi) is 3.30. The molecule has 0 bridgehead atoms. The maximum absolute atomic E-state index is 10.5. The van der Waals surface area contributed by atoms with Crippen LogP contribution in [0, 0.1) is 10.1 Å². The fraction of sp³-hybridized carbons (Fsp3) is 0.111. The van der Waals surface area contributed by atoms with Crippen LogP contribution in [-0.2, 0) is 7.05 Å². The summed E-state index contributed by atoms with van der Waals surface area (Å²) in [6, 6.07) is 4.32. The average molecular weight is 271 g/mol. The van der Waals surface area contributed by atoms with Crippen LogP contribution in [0.15, 0.2) is 34.6 Å². The minimum absolute atomic E-state index is 0.0303. The van der Waals surface area contributed by atoms with Gasteiger partial charge in [-0.1, -0.05) is 11.6 Å². The molecule has 1 heterocycles. The minimum atomic E-state index is -0.483. The van der Waals surface area contributed by atoms with E-state index in [0.29, 0.717) is 15.1 Å². The van der Waals surface area contributed by atoms with Gasteiger partial charge < -0.3 is 0 Å². The van der Waals surface area contributed by atoms with E-state index in [0.717, 1.165) is 0 Å². The Labute approximate surface area is 106 Å². The van der Waals surface area contributed by atoms with Crippen molar-refractivity contribution in [3.8, 4) is 0 Å². The smallest absolute Gasteiger partial charge is 0.258 e. The maximum atomic E-state index is 10.5. The van der Waals surface area contributed by atoms with Crippen LogP contribution in [0.2, 0.25) is 5.02 Å². The van der Waals surface area contributed by atoms with Crippen molar-refractivity contribution >= 4 is 29.1 Å². The monoisotopic (exact) mass is 270 g/mol. The second kappa shape index (κ2) is 4.72. The normalized spacial score (nSPS) is 10.5. The summed E-state index contributed by atoms with van der Waals surface area (Å²) < 4.78 is 1.60. The first kappa shape index (κ1) is 11.9. The molecule has 2 aromatic rings. The van der Waals surface area contributed by atoms with E-state index >= 15 is 0 Å². The number of rotatable bonds is 3. The van der Waals surface area contributed by atoms with Crippen molar-refractivity contribution in [1.82, 2.24) is 14.8 Å². The van der Waals surface area contributed by atoms with Gasteiger partial charge in [0.1, 0.15) is 6.33 Å². The van der Waals surface area contributed by atoms with Gasteiger partial charge in [-0.2, -0.15) is 5.10 Å². The molecule has 2 rings (SSSR count). The number of hydrogen-bond donors (Lipinski definition) is 0. The summed E-state index contributed by atoms with van der Waals surface area (Å²) in [7, 11) is 1.76. The second-order valence-electron chi connectivity index (χ2n) is 3.14. The molecule has 0 amide bonds. The maximum Gasteiger partial charge on any atom is 0.270 e. The Bertz CT molecular complexity index is 572. The highest BCUT2D eigenvalue weighted by Gasteiger charge is 2.12. The predicted molar refractivity (Wildman–Crippen MR) is 63.2 cm³/mol. The molecule has 6 nitrogen and oxygen atoms in total. The number of aromatic nitrogens is 3. The number of non-ortho nitro benzene ring substituents is 1. The van der Waals surface area contributed by atoms with Crippen LogP contribution in [0.4, 0.5) is 5.69 Å². The fourth-order valence-electron chi connectivity index (χ4n) is 1.16. The zero-order valence-corrected chi connectivity index (χ0v) is 10.3. The van der Waals surface area contributed by atoms with E-state index in [-0.39, 0.29) is 5.69 Å². The van der Waals surface area contributed by atoms with Gasteiger partial charge in [-0.3, -0.25) is 10.1 Å². The third kappa shape index (κ3) is 2.56. The molecule has 0 unspecified atom stereocenters. The summed E-state index contributed by atoms with van der Waals surface area (Å²) in [5.74, 6) is 0. The topological polar surface area (TPSA) is 73.8 Å². The molecule has 1 aromatic heterocycles. The quantitative estimate of drug-likeness (QED) is 0.633. The van der Waals surface area contributed by atoms with Crippen LogP contribution in [0.1, 0.15) is 0 Å². The number of aryl methyl sites for hydroxylation is 1. The number of nitrogens with zero attached hydrogens (tertiary/aromatic N) is 4. The molecule has 0 aliphatic carbocycles. The van der Waals surface area contributed by atoms with Gasteiger partial charge in [0.2, 0.25) is 0 Å². The van der Waals surface area contributed by atoms with Crippen LogP contribution in [0.3, 0.4) is 0 Å². The van der Waals surface area contributed by atoms with E-state index in [4.69, 9.17) is 11.6 Å². The molecule has 17 heavy (non-hydrogen) atoms. The molecular formula is C9H7ClN4O2S. The lowest BCUT2D eigenvalue weighted by atomic mass is 10.3. The Morgan fingerprint density at radius 3 is 2.82 bits per heavy atom. The third-order valence-electron chi connectivity index (χ3n) is 2.00. The summed E-state index contributed by atoms with van der Waals surface area (Å²) >= 11 is 7.26. The zero-order chi connectivity index (χ0) is 12.4. The number of halogens is 1. The van der Waals surface area contributed by atoms with Crippen molar-refractivity contribution in [2.45, 2.75) is 10.1 Å². The van der Waals surface area contributed by atoms with Crippen molar-refractivity contribution in [1.29, 1.82) is 0 Å². The lowest BCUT2D eigenvalue weighted by molar-refractivity contribution is -0.384. The van der Waals surface area contributed by atoms with Crippen LogP contribution >= 0.6 is 23.4 Å². The van der Waals surface area contributed by atoms with Crippen LogP contribution < -0.4 is 0 Å². The van der Waals surface area contributed by atoms with Gasteiger partial charge >= 0.3 is 0 Å². The molecule has 0 N–H and O–H groups in total. The summed E-state index contributed by atoms with van der Waals surface area (Å²) in [4.78, 5) is 14.8. The molecule has 0 aliphatic heterocycles.